The number of hydrogen-bond acceptors (Lipinski definition) is 3. The molecule has 1 N–H and O–H groups in total. The minimum absolute atomic E-state index is 0.00346. The van der Waals surface area contributed by atoms with E-state index < -0.39 is 0 Å². The number of ether oxygens (including phenoxy) is 1. The Hall–Kier alpha value is -1.95. The number of nitrogens with zero attached hydrogens (tertiary/aromatic N) is 1. The van der Waals surface area contributed by atoms with Crippen molar-refractivity contribution in [3.05, 3.63) is 35.6 Å². The van der Waals surface area contributed by atoms with Gasteiger partial charge in [0.1, 0.15) is 5.82 Å². The van der Waals surface area contributed by atoms with Crippen LogP contribution in [0.15, 0.2) is 24.3 Å². The first kappa shape index (κ1) is 20.8. The minimum atomic E-state index is -0.303. The molecule has 0 spiro atoms. The van der Waals surface area contributed by atoms with Gasteiger partial charge in [-0.1, -0.05) is 19.1 Å². The van der Waals surface area contributed by atoms with Crippen LogP contribution in [-0.2, 0) is 19.7 Å². The maximum atomic E-state index is 13.8. The number of halogens is 1. The first-order valence-corrected chi connectivity index (χ1v) is 10.4. The van der Waals surface area contributed by atoms with Gasteiger partial charge in [-0.3, -0.25) is 9.59 Å². The maximum absolute atomic E-state index is 13.8. The third-order valence-electron chi connectivity index (χ3n) is 6.10. The third kappa shape index (κ3) is 4.90. The summed E-state index contributed by atoms with van der Waals surface area (Å²) >= 11 is 0. The molecule has 0 radical (unpaired) electrons. The van der Waals surface area contributed by atoms with Gasteiger partial charge >= 0.3 is 0 Å². The highest BCUT2D eigenvalue weighted by atomic mass is 19.1. The van der Waals surface area contributed by atoms with Crippen LogP contribution in [0.25, 0.3) is 0 Å². The van der Waals surface area contributed by atoms with E-state index in [1.807, 2.05) is 17.9 Å². The van der Waals surface area contributed by atoms with Crippen LogP contribution in [0.2, 0.25) is 0 Å². The van der Waals surface area contributed by atoms with Gasteiger partial charge in [-0.2, -0.15) is 0 Å². The number of likely N-dealkylation sites (tertiary alicyclic amines) is 1. The maximum Gasteiger partial charge on any atom is 0.224 e. The van der Waals surface area contributed by atoms with Gasteiger partial charge in [0.2, 0.25) is 11.8 Å². The van der Waals surface area contributed by atoms with Crippen molar-refractivity contribution in [3.63, 3.8) is 0 Å². The Labute approximate surface area is 166 Å². The summed E-state index contributed by atoms with van der Waals surface area (Å²) in [7, 11) is 0. The molecule has 1 atom stereocenters. The molecule has 1 unspecified atom stereocenters. The first-order valence-electron chi connectivity index (χ1n) is 10.4. The summed E-state index contributed by atoms with van der Waals surface area (Å²) in [5, 5.41) is 3.12. The Morgan fingerprint density at radius 3 is 2.82 bits per heavy atom. The zero-order valence-corrected chi connectivity index (χ0v) is 16.7. The fourth-order valence-electron chi connectivity index (χ4n) is 4.34. The molecule has 154 valence electrons. The van der Waals surface area contributed by atoms with Crippen molar-refractivity contribution in [3.8, 4) is 0 Å². The quantitative estimate of drug-likeness (QED) is 0.812. The molecule has 2 amide bonds. The number of carbonyl (C=O) groups excluding carboxylic acids is 2. The second-order valence-electron chi connectivity index (χ2n) is 8.05. The van der Waals surface area contributed by atoms with E-state index in [4.69, 9.17) is 4.74 Å². The summed E-state index contributed by atoms with van der Waals surface area (Å²) in [6, 6.07) is 6.68. The lowest BCUT2D eigenvalue weighted by molar-refractivity contribution is -0.135. The molecule has 2 saturated heterocycles. The lowest BCUT2D eigenvalue weighted by atomic mass is 9.74. The highest BCUT2D eigenvalue weighted by Crippen LogP contribution is 2.34. The van der Waals surface area contributed by atoms with Crippen molar-refractivity contribution in [2.75, 3.05) is 32.8 Å². The molecule has 2 fully saturated rings. The molecule has 2 aliphatic rings. The van der Waals surface area contributed by atoms with Gasteiger partial charge in [0.05, 0.1) is 5.92 Å². The molecule has 3 rings (SSSR count). The standard InChI is InChI=1S/C22H31FN2O3/c1-2-5-20(26)25-11-4-6-17(15-25)21(27)24-16-22(9-12-28-13-10-22)18-7-3-8-19(23)14-18/h3,7-8,14,17H,2,4-6,9-13,15-16H2,1H3,(H,24,27). The molecule has 1 aromatic carbocycles. The highest BCUT2D eigenvalue weighted by Gasteiger charge is 2.36. The van der Waals surface area contributed by atoms with Crippen molar-refractivity contribution in [2.45, 2.75) is 50.9 Å². The van der Waals surface area contributed by atoms with Crippen molar-refractivity contribution >= 4 is 11.8 Å². The van der Waals surface area contributed by atoms with Crippen molar-refractivity contribution in [1.82, 2.24) is 10.2 Å². The van der Waals surface area contributed by atoms with Gasteiger partial charge in [0.15, 0.2) is 0 Å². The second-order valence-corrected chi connectivity index (χ2v) is 8.05. The molecular formula is C22H31FN2O3. The van der Waals surface area contributed by atoms with Gasteiger partial charge in [0.25, 0.3) is 0 Å². The Morgan fingerprint density at radius 1 is 1.32 bits per heavy atom. The molecule has 0 bridgehead atoms. The van der Waals surface area contributed by atoms with Crippen LogP contribution in [0.1, 0.15) is 51.0 Å². The van der Waals surface area contributed by atoms with E-state index in [0.29, 0.717) is 32.7 Å². The number of benzene rings is 1. The lowest BCUT2D eigenvalue weighted by Crippen LogP contribution is -2.49. The topological polar surface area (TPSA) is 58.6 Å². The number of rotatable bonds is 6. The fourth-order valence-corrected chi connectivity index (χ4v) is 4.34. The summed E-state index contributed by atoms with van der Waals surface area (Å²) in [6.07, 6.45) is 4.53. The van der Waals surface area contributed by atoms with Crippen LogP contribution in [0.5, 0.6) is 0 Å². The van der Waals surface area contributed by atoms with Crippen LogP contribution in [0, 0.1) is 11.7 Å². The summed E-state index contributed by atoms with van der Waals surface area (Å²) in [6.45, 7) is 4.92. The molecule has 1 aromatic rings. The Morgan fingerprint density at radius 2 is 2.11 bits per heavy atom. The highest BCUT2D eigenvalue weighted by molar-refractivity contribution is 5.81. The fraction of sp³-hybridized carbons (Fsp3) is 0.636. The van der Waals surface area contributed by atoms with Crippen molar-refractivity contribution in [1.29, 1.82) is 0 Å². The summed E-state index contributed by atoms with van der Waals surface area (Å²) in [4.78, 5) is 26.9. The van der Waals surface area contributed by atoms with E-state index >= 15 is 0 Å². The normalized spacial score (nSPS) is 21.9. The summed E-state index contributed by atoms with van der Waals surface area (Å²) in [5.74, 6) is -0.289. The van der Waals surface area contributed by atoms with Gasteiger partial charge in [-0.05, 0) is 49.8 Å². The molecule has 5 nitrogen and oxygen atoms in total. The van der Waals surface area contributed by atoms with Gasteiger partial charge in [0, 0.05) is 44.7 Å². The van der Waals surface area contributed by atoms with Crippen LogP contribution in [0.4, 0.5) is 4.39 Å². The SMILES string of the molecule is CCCC(=O)N1CCCC(C(=O)NCC2(c3cccc(F)c3)CCOCC2)C1. The first-order chi connectivity index (χ1) is 13.5. The molecule has 0 aromatic heterocycles. The zero-order valence-electron chi connectivity index (χ0n) is 16.7. The van der Waals surface area contributed by atoms with Gasteiger partial charge in [-0.15, -0.1) is 0 Å². The van der Waals surface area contributed by atoms with E-state index in [0.717, 1.165) is 44.2 Å². The van der Waals surface area contributed by atoms with E-state index in [2.05, 4.69) is 5.32 Å². The van der Waals surface area contributed by atoms with Crippen molar-refractivity contribution in [2.24, 2.45) is 5.92 Å². The van der Waals surface area contributed by atoms with Crippen LogP contribution >= 0.6 is 0 Å². The number of hydrogen-bond donors (Lipinski definition) is 1. The van der Waals surface area contributed by atoms with E-state index in [1.165, 1.54) is 6.07 Å². The molecule has 2 aliphatic heterocycles. The summed E-state index contributed by atoms with van der Waals surface area (Å²) in [5.41, 5.74) is 0.613. The van der Waals surface area contributed by atoms with Crippen LogP contribution < -0.4 is 5.32 Å². The number of carbonyl (C=O) groups is 2. The predicted molar refractivity (Wildman–Crippen MR) is 105 cm³/mol. The average Bonchev–Trinajstić information content (AvgIpc) is 2.73. The Bertz CT molecular complexity index is 688. The van der Waals surface area contributed by atoms with Crippen LogP contribution in [-0.4, -0.2) is 49.6 Å². The monoisotopic (exact) mass is 390 g/mol. The summed E-state index contributed by atoms with van der Waals surface area (Å²) < 4.78 is 19.3. The minimum Gasteiger partial charge on any atom is -0.381 e. The lowest BCUT2D eigenvalue weighted by Gasteiger charge is -2.39. The Kier molecular flexibility index (Phi) is 7.05. The van der Waals surface area contributed by atoms with E-state index in [-0.39, 0.29) is 29.0 Å². The second kappa shape index (κ2) is 9.50. The molecule has 28 heavy (non-hydrogen) atoms. The average molecular weight is 390 g/mol. The zero-order chi connectivity index (χ0) is 20.0. The van der Waals surface area contributed by atoms with Gasteiger partial charge < -0.3 is 15.0 Å². The Balaban J connectivity index is 1.64. The van der Waals surface area contributed by atoms with E-state index in [1.54, 1.807) is 12.1 Å². The largest absolute Gasteiger partial charge is 0.381 e. The molecule has 6 heteroatoms. The molecule has 0 saturated carbocycles. The third-order valence-corrected chi connectivity index (χ3v) is 6.10. The smallest absolute Gasteiger partial charge is 0.224 e. The van der Waals surface area contributed by atoms with Crippen LogP contribution in [0.3, 0.4) is 0 Å². The van der Waals surface area contributed by atoms with E-state index in [9.17, 15) is 14.0 Å². The van der Waals surface area contributed by atoms with Gasteiger partial charge in [-0.25, -0.2) is 4.39 Å². The molecular weight excluding hydrogens is 359 g/mol. The number of nitrogens with one attached hydrogen (secondary N) is 1. The molecule has 2 heterocycles. The van der Waals surface area contributed by atoms with Crippen molar-refractivity contribution < 1.29 is 18.7 Å². The predicted octanol–water partition coefficient (Wildman–Crippen LogP) is 3.03. The number of piperidine rings is 1. The molecule has 0 aliphatic carbocycles. The number of amides is 2.